The summed E-state index contributed by atoms with van der Waals surface area (Å²) in [6.07, 6.45) is 1.82. The van der Waals surface area contributed by atoms with Crippen LogP contribution in [0.15, 0.2) is 24.3 Å². The lowest BCUT2D eigenvalue weighted by Crippen LogP contribution is -2.35. The molecule has 0 unspecified atom stereocenters. The molecule has 1 heterocycles. The Morgan fingerprint density at radius 3 is 2.95 bits per heavy atom. The largest absolute Gasteiger partial charge is 0.495 e. The molecule has 1 aromatic carbocycles. The molecule has 2 aliphatic carbocycles. The number of anilines is 1. The number of nitrogens with one attached hydrogen (secondary N) is 1. The van der Waals surface area contributed by atoms with Crippen molar-refractivity contribution < 1.29 is 19.1 Å². The number of hydrogen-bond acceptors (Lipinski definition) is 4. The Bertz CT molecular complexity index is 612. The van der Waals surface area contributed by atoms with E-state index in [0.29, 0.717) is 11.4 Å². The Balaban J connectivity index is 1.57. The van der Waals surface area contributed by atoms with Gasteiger partial charge in [0.25, 0.3) is 0 Å². The smallest absolute Gasteiger partial charge is 0.310 e. The van der Waals surface area contributed by atoms with Gasteiger partial charge in [0, 0.05) is 5.92 Å². The number of carbonyl (C=O) groups excluding carboxylic acids is 2. The molecule has 1 amide bonds. The summed E-state index contributed by atoms with van der Waals surface area (Å²) in [6, 6.07) is 7.31. The molecule has 1 saturated heterocycles. The molecule has 5 heteroatoms. The number of ether oxygens (including phenoxy) is 2. The number of methoxy groups -OCH3 is 1. The molecular formula is C16H17NO4. The van der Waals surface area contributed by atoms with Crippen molar-refractivity contribution in [3.05, 3.63) is 24.3 Å². The van der Waals surface area contributed by atoms with E-state index in [1.807, 2.05) is 12.1 Å². The van der Waals surface area contributed by atoms with Crippen LogP contribution in [0.3, 0.4) is 0 Å². The summed E-state index contributed by atoms with van der Waals surface area (Å²) in [6.45, 7) is 0. The van der Waals surface area contributed by atoms with Gasteiger partial charge in [0.05, 0.1) is 24.6 Å². The molecule has 1 N–H and O–H groups in total. The number of para-hydroxylation sites is 2. The quantitative estimate of drug-likeness (QED) is 0.861. The van der Waals surface area contributed by atoms with Gasteiger partial charge < -0.3 is 14.8 Å². The van der Waals surface area contributed by atoms with E-state index in [1.165, 1.54) is 0 Å². The number of esters is 1. The van der Waals surface area contributed by atoms with Gasteiger partial charge in [-0.3, -0.25) is 9.59 Å². The van der Waals surface area contributed by atoms with Crippen LogP contribution in [0.4, 0.5) is 5.69 Å². The van der Waals surface area contributed by atoms with Gasteiger partial charge in [-0.05, 0) is 30.9 Å². The van der Waals surface area contributed by atoms with Crippen LogP contribution in [0.1, 0.15) is 12.8 Å². The van der Waals surface area contributed by atoms with Crippen LogP contribution in [0.25, 0.3) is 0 Å². The maximum absolute atomic E-state index is 12.6. The monoisotopic (exact) mass is 287 g/mol. The van der Waals surface area contributed by atoms with E-state index < -0.39 is 0 Å². The zero-order valence-electron chi connectivity index (χ0n) is 11.7. The average Bonchev–Trinajstić information content (AvgIpc) is 3.09. The van der Waals surface area contributed by atoms with Crippen molar-refractivity contribution in [3.8, 4) is 5.75 Å². The lowest BCUT2D eigenvalue weighted by Gasteiger charge is -2.23. The van der Waals surface area contributed by atoms with Gasteiger partial charge in [-0.15, -0.1) is 0 Å². The second kappa shape index (κ2) is 4.48. The molecule has 0 aromatic heterocycles. The summed E-state index contributed by atoms with van der Waals surface area (Å²) in [5.74, 6) is 0.358. The zero-order valence-corrected chi connectivity index (χ0v) is 11.7. The van der Waals surface area contributed by atoms with Crippen molar-refractivity contribution in [3.63, 3.8) is 0 Å². The van der Waals surface area contributed by atoms with Crippen LogP contribution in [0.5, 0.6) is 5.75 Å². The van der Waals surface area contributed by atoms with Crippen molar-refractivity contribution in [1.29, 1.82) is 0 Å². The number of rotatable bonds is 3. The van der Waals surface area contributed by atoms with Crippen LogP contribution >= 0.6 is 0 Å². The zero-order chi connectivity index (χ0) is 14.6. The molecule has 5 nitrogen and oxygen atoms in total. The summed E-state index contributed by atoms with van der Waals surface area (Å²) in [5, 5.41) is 2.92. The molecule has 0 radical (unpaired) electrons. The highest BCUT2D eigenvalue weighted by Gasteiger charge is 2.63. The molecule has 5 atom stereocenters. The summed E-state index contributed by atoms with van der Waals surface area (Å²) in [4.78, 5) is 24.6. The van der Waals surface area contributed by atoms with Crippen LogP contribution < -0.4 is 10.1 Å². The van der Waals surface area contributed by atoms with Crippen LogP contribution in [-0.4, -0.2) is 25.1 Å². The molecule has 3 fully saturated rings. The molecule has 110 valence electrons. The van der Waals surface area contributed by atoms with Gasteiger partial charge in [0.1, 0.15) is 11.9 Å². The van der Waals surface area contributed by atoms with Gasteiger partial charge in [-0.1, -0.05) is 12.1 Å². The molecule has 4 rings (SSSR count). The Kier molecular flexibility index (Phi) is 2.71. The highest BCUT2D eigenvalue weighted by atomic mass is 16.6. The number of hydrogen-bond donors (Lipinski definition) is 1. The second-order valence-electron chi connectivity index (χ2n) is 6.11. The third-order valence-corrected chi connectivity index (χ3v) is 5.15. The van der Waals surface area contributed by atoms with Gasteiger partial charge in [-0.2, -0.15) is 0 Å². The fourth-order valence-corrected chi connectivity index (χ4v) is 4.33. The Hall–Kier alpha value is -2.04. The van der Waals surface area contributed by atoms with E-state index in [0.717, 1.165) is 12.8 Å². The highest BCUT2D eigenvalue weighted by Crippen LogP contribution is 2.57. The lowest BCUT2D eigenvalue weighted by molar-refractivity contribution is -0.145. The third kappa shape index (κ3) is 1.76. The number of benzene rings is 1. The topological polar surface area (TPSA) is 64.6 Å². The molecule has 1 aliphatic heterocycles. The Morgan fingerprint density at radius 2 is 2.14 bits per heavy atom. The molecule has 2 saturated carbocycles. The van der Waals surface area contributed by atoms with Crippen molar-refractivity contribution in [2.45, 2.75) is 18.9 Å². The minimum absolute atomic E-state index is 0.0582. The van der Waals surface area contributed by atoms with Crippen molar-refractivity contribution in [2.75, 3.05) is 12.4 Å². The summed E-state index contributed by atoms with van der Waals surface area (Å²) < 4.78 is 10.6. The van der Waals surface area contributed by atoms with Crippen LogP contribution in [-0.2, 0) is 14.3 Å². The van der Waals surface area contributed by atoms with Crippen molar-refractivity contribution >= 4 is 17.6 Å². The van der Waals surface area contributed by atoms with E-state index in [2.05, 4.69) is 5.32 Å². The van der Waals surface area contributed by atoms with E-state index in [-0.39, 0.29) is 41.7 Å². The van der Waals surface area contributed by atoms with Gasteiger partial charge in [0.15, 0.2) is 0 Å². The molecular weight excluding hydrogens is 270 g/mol. The van der Waals surface area contributed by atoms with Gasteiger partial charge in [0.2, 0.25) is 5.91 Å². The number of fused-ring (bicyclic) bond motifs is 1. The van der Waals surface area contributed by atoms with Crippen LogP contribution in [0, 0.1) is 23.7 Å². The lowest BCUT2D eigenvalue weighted by atomic mass is 9.79. The van der Waals surface area contributed by atoms with Crippen molar-refractivity contribution in [1.82, 2.24) is 0 Å². The highest BCUT2D eigenvalue weighted by molar-refractivity contribution is 5.97. The fraction of sp³-hybridized carbons (Fsp3) is 0.500. The van der Waals surface area contributed by atoms with Crippen LogP contribution in [0.2, 0.25) is 0 Å². The molecule has 1 aromatic rings. The van der Waals surface area contributed by atoms with Gasteiger partial charge in [-0.25, -0.2) is 0 Å². The standard InChI is InChI=1S/C16H17NO4/c1-20-11-5-3-2-4-10(11)17-15(18)13-8-6-9-12(7-8)21-16(19)14(9)13/h2-5,8-9,12-14H,6-7H2,1H3,(H,17,18)/t8-,9+,12+,13-,14-/m1/s1. The first-order valence-electron chi connectivity index (χ1n) is 7.33. The molecule has 3 aliphatic rings. The number of amides is 1. The first-order chi connectivity index (χ1) is 10.2. The first kappa shape index (κ1) is 12.7. The summed E-state index contributed by atoms with van der Waals surface area (Å²) >= 11 is 0. The maximum atomic E-state index is 12.6. The predicted octanol–water partition coefficient (Wildman–Crippen LogP) is 1.83. The van der Waals surface area contributed by atoms with E-state index in [1.54, 1.807) is 19.2 Å². The minimum Gasteiger partial charge on any atom is -0.495 e. The normalized spacial score (nSPS) is 35.7. The molecule has 0 spiro atoms. The SMILES string of the molecule is COc1ccccc1NC(=O)[C@@H]1[C@@H]2C[C@@H]3[C@H]1C(=O)O[C@H]3C2. The maximum Gasteiger partial charge on any atom is 0.310 e. The van der Waals surface area contributed by atoms with E-state index >= 15 is 0 Å². The summed E-state index contributed by atoms with van der Waals surface area (Å²) in [7, 11) is 1.57. The average molecular weight is 287 g/mol. The van der Waals surface area contributed by atoms with E-state index in [9.17, 15) is 9.59 Å². The Labute approximate surface area is 122 Å². The molecule has 2 bridgehead atoms. The van der Waals surface area contributed by atoms with Gasteiger partial charge >= 0.3 is 5.97 Å². The second-order valence-corrected chi connectivity index (χ2v) is 6.11. The minimum atomic E-state index is -0.258. The number of carbonyl (C=O) groups is 2. The molecule has 21 heavy (non-hydrogen) atoms. The Morgan fingerprint density at radius 1 is 1.33 bits per heavy atom. The first-order valence-corrected chi connectivity index (χ1v) is 7.33. The predicted molar refractivity (Wildman–Crippen MR) is 74.7 cm³/mol. The third-order valence-electron chi connectivity index (χ3n) is 5.15. The fourth-order valence-electron chi connectivity index (χ4n) is 4.33. The summed E-state index contributed by atoms with van der Waals surface area (Å²) in [5.41, 5.74) is 0.649. The van der Waals surface area contributed by atoms with E-state index in [4.69, 9.17) is 9.47 Å². The van der Waals surface area contributed by atoms with Crippen molar-refractivity contribution in [2.24, 2.45) is 23.7 Å².